The van der Waals surface area contributed by atoms with Gasteiger partial charge in [0.1, 0.15) is 45.6 Å². The summed E-state index contributed by atoms with van der Waals surface area (Å²) in [4.78, 5) is 81.8. The van der Waals surface area contributed by atoms with Crippen LogP contribution >= 0.6 is 0 Å². The van der Waals surface area contributed by atoms with Crippen LogP contribution in [0.25, 0.3) is 135 Å². The average Bonchev–Trinajstić information content (AvgIpc) is 1.67. The Balaban J connectivity index is 0.619. The van der Waals surface area contributed by atoms with Gasteiger partial charge in [0, 0.05) is 65.4 Å². The second-order valence-corrected chi connectivity index (χ2v) is 27.1. The van der Waals surface area contributed by atoms with Gasteiger partial charge >= 0.3 is 0 Å². The summed E-state index contributed by atoms with van der Waals surface area (Å²) >= 11 is 0. The molecule has 2 amide bonds. The van der Waals surface area contributed by atoms with Gasteiger partial charge in [-0.05, 0) is 243 Å². The Labute approximate surface area is 621 Å². The lowest BCUT2D eigenvalue weighted by Gasteiger charge is -2.18. The van der Waals surface area contributed by atoms with Crippen molar-refractivity contribution in [2.24, 2.45) is 0 Å². The molecule has 0 aliphatic rings. The average molecular weight is 1420 g/mol. The van der Waals surface area contributed by atoms with Crippen molar-refractivity contribution < 1.29 is 9.59 Å². The largest absolute Gasteiger partial charge is 0.338 e. The highest BCUT2D eigenvalue weighted by molar-refractivity contribution is 5.94. The number of carbonyl (C=O) groups is 2. The van der Waals surface area contributed by atoms with E-state index in [9.17, 15) is 9.59 Å². The van der Waals surface area contributed by atoms with Crippen LogP contribution in [0.3, 0.4) is 0 Å². The maximum Gasteiger partial charge on any atom is 0.272 e. The highest BCUT2D eigenvalue weighted by Crippen LogP contribution is 2.35. The number of aryl methyl sites for hydroxylation is 6. The molecule has 10 heterocycles. The summed E-state index contributed by atoms with van der Waals surface area (Å²) in [6.07, 6.45) is 2.10. The van der Waals surface area contributed by atoms with E-state index in [2.05, 4.69) is 190 Å². The molecule has 20 heteroatoms. The van der Waals surface area contributed by atoms with Crippen LogP contribution in [-0.4, -0.2) is 125 Å². The van der Waals surface area contributed by atoms with E-state index >= 15 is 0 Å². The molecule has 107 heavy (non-hydrogen) atoms. The number of fused-ring (bicyclic) bond motifs is 6. The van der Waals surface area contributed by atoms with E-state index in [0.717, 1.165) is 183 Å². The predicted molar refractivity (Wildman–Crippen MR) is 426 cm³/mol. The molecule has 0 spiro atoms. The predicted octanol–water partition coefficient (Wildman–Crippen LogP) is 17.2. The zero-order valence-electron chi connectivity index (χ0n) is 62.4. The van der Waals surface area contributed by atoms with E-state index < -0.39 is 0 Å². The number of benzene rings is 6. The second-order valence-electron chi connectivity index (χ2n) is 27.1. The molecule has 10 aromatic heterocycles. The van der Waals surface area contributed by atoms with Gasteiger partial charge in [0.25, 0.3) is 11.8 Å². The summed E-state index contributed by atoms with van der Waals surface area (Å²) in [6, 6.07) is 62.9. The Morgan fingerprint density at radius 1 is 0.252 bits per heavy atom. The van der Waals surface area contributed by atoms with E-state index in [1.165, 1.54) is 0 Å². The van der Waals surface area contributed by atoms with E-state index in [1.54, 1.807) is 21.9 Å². The molecule has 0 atom stereocenters. The van der Waals surface area contributed by atoms with Crippen molar-refractivity contribution in [2.45, 2.75) is 128 Å². The Morgan fingerprint density at radius 2 is 0.449 bits per heavy atom. The minimum atomic E-state index is -0.0779. The van der Waals surface area contributed by atoms with Crippen molar-refractivity contribution in [3.8, 4) is 69.1 Å². The van der Waals surface area contributed by atoms with Gasteiger partial charge in [-0.2, -0.15) is 0 Å². The summed E-state index contributed by atoms with van der Waals surface area (Å²) in [7, 11) is 0. The lowest BCUT2D eigenvalue weighted by Crippen LogP contribution is -2.31. The fourth-order valence-electron chi connectivity index (χ4n) is 15.6. The third kappa shape index (κ3) is 12.6. The summed E-state index contributed by atoms with van der Waals surface area (Å²) in [6.45, 7) is 27.6. The molecular formula is C87H86N18O2. The molecule has 536 valence electrons. The van der Waals surface area contributed by atoms with Crippen LogP contribution in [-0.2, 0) is 58.5 Å². The number of hydrogen-bond acceptors (Lipinski definition) is 12. The van der Waals surface area contributed by atoms with Gasteiger partial charge in [-0.1, -0.05) is 60.7 Å². The smallest absolute Gasteiger partial charge is 0.272 e. The first-order chi connectivity index (χ1) is 52.3. The maximum atomic E-state index is 13.3. The lowest BCUT2D eigenvalue weighted by atomic mass is 10.0. The molecule has 0 fully saturated rings. The summed E-state index contributed by atoms with van der Waals surface area (Å²) in [5, 5.41) is 0. The highest BCUT2D eigenvalue weighted by atomic mass is 16.2. The molecule has 6 aromatic carbocycles. The second kappa shape index (κ2) is 29.0. The molecule has 0 radical (unpaired) electrons. The number of amides is 2. The first-order valence-corrected chi connectivity index (χ1v) is 37.8. The summed E-state index contributed by atoms with van der Waals surface area (Å²) in [5.74, 6) is 4.57. The van der Waals surface area contributed by atoms with Crippen molar-refractivity contribution in [3.63, 3.8) is 0 Å². The molecule has 16 aromatic rings. The monoisotopic (exact) mass is 1410 g/mol. The van der Waals surface area contributed by atoms with Gasteiger partial charge in [0.2, 0.25) is 0 Å². The molecule has 0 unspecified atom stereocenters. The molecule has 0 aliphatic heterocycles. The number of nitrogens with zero attached hydrogens (tertiary/aromatic N) is 18. The third-order valence-corrected chi connectivity index (χ3v) is 20.9. The first-order valence-electron chi connectivity index (χ1n) is 37.8. The number of rotatable bonds is 24. The number of imidazole rings is 6. The van der Waals surface area contributed by atoms with Gasteiger partial charge in [-0.15, -0.1) is 0 Å². The van der Waals surface area contributed by atoms with Gasteiger partial charge < -0.3 is 37.2 Å². The minimum absolute atomic E-state index is 0.0779. The summed E-state index contributed by atoms with van der Waals surface area (Å²) in [5.41, 5.74) is 23.9. The van der Waals surface area contributed by atoms with Gasteiger partial charge in [-0.3, -0.25) is 9.59 Å². The van der Waals surface area contributed by atoms with Crippen LogP contribution in [0.2, 0.25) is 0 Å². The molecule has 0 bridgehead atoms. The standard InChI is InChI=1S/C87H86N18O2/c1-11-98(12-2)86(106)66-31-23-29-64(90-66)84-96-72-52-58(37-43-78(72)104(84)19-9)46-56-35-41-76-70(50-56)94-82(102(76)17-7)62-27-21-25-60(88-62)80-92-68-48-54(33-39-74(68)100(80)15-5)45-55-34-40-75-69(49-55)93-81(101(75)16-6)61-26-22-28-63(89-61)83-95-71-51-57(36-42-77(71)103(83)18-8)47-59-38-44-79-73(53-59)97-85(105(79)20-10)65-30-24-32-67(91-65)87(107)99(13-3)14-4/h21-44,48-53H,11-20,45-47H2,1-10H3. The Hall–Kier alpha value is -12.3. The van der Waals surface area contributed by atoms with Crippen LogP contribution in [0.1, 0.15) is 124 Å². The number of hydrogen-bond donors (Lipinski definition) is 0. The zero-order valence-corrected chi connectivity index (χ0v) is 62.4. The fraction of sp³-hybridized carbons (Fsp3) is 0.264. The number of carbonyl (C=O) groups excluding carboxylic acids is 2. The molecule has 0 aliphatic carbocycles. The molecule has 0 N–H and O–H groups in total. The normalized spacial score (nSPS) is 11.8. The topological polar surface area (TPSA) is 199 Å². The van der Waals surface area contributed by atoms with Crippen molar-refractivity contribution in [3.05, 3.63) is 227 Å². The minimum Gasteiger partial charge on any atom is -0.338 e. The lowest BCUT2D eigenvalue weighted by molar-refractivity contribution is 0.0759. The van der Waals surface area contributed by atoms with Crippen LogP contribution in [0.15, 0.2) is 182 Å². The zero-order chi connectivity index (χ0) is 73.7. The third-order valence-electron chi connectivity index (χ3n) is 20.9. The van der Waals surface area contributed by atoms with Crippen LogP contribution in [0, 0.1) is 0 Å². The quantitative estimate of drug-likeness (QED) is 0.0555. The Bertz CT molecular complexity index is 5740. The Morgan fingerprint density at radius 3 is 0.645 bits per heavy atom. The summed E-state index contributed by atoms with van der Waals surface area (Å²) < 4.78 is 13.3. The van der Waals surface area contributed by atoms with E-state index in [4.69, 9.17) is 49.8 Å². The highest BCUT2D eigenvalue weighted by Gasteiger charge is 2.25. The van der Waals surface area contributed by atoms with Crippen molar-refractivity contribution >= 4 is 78.0 Å². The van der Waals surface area contributed by atoms with Crippen molar-refractivity contribution in [1.82, 2.24) is 87.0 Å². The number of aromatic nitrogens is 16. The van der Waals surface area contributed by atoms with E-state index in [1.807, 2.05) is 76.2 Å². The van der Waals surface area contributed by atoms with E-state index in [-0.39, 0.29) is 11.8 Å². The van der Waals surface area contributed by atoms with Crippen molar-refractivity contribution in [1.29, 1.82) is 0 Å². The molecule has 0 saturated carbocycles. The van der Waals surface area contributed by atoms with Gasteiger partial charge in [0.05, 0.1) is 66.2 Å². The van der Waals surface area contributed by atoms with Crippen molar-refractivity contribution in [2.75, 3.05) is 26.2 Å². The first kappa shape index (κ1) is 69.1. The van der Waals surface area contributed by atoms with Crippen LogP contribution in [0.4, 0.5) is 0 Å². The maximum absolute atomic E-state index is 13.3. The van der Waals surface area contributed by atoms with Gasteiger partial charge in [0.15, 0.2) is 34.9 Å². The molecular weight excluding hydrogens is 1330 g/mol. The van der Waals surface area contributed by atoms with E-state index in [0.29, 0.717) is 81.3 Å². The fourth-order valence-corrected chi connectivity index (χ4v) is 15.6. The van der Waals surface area contributed by atoms with Crippen LogP contribution in [0.5, 0.6) is 0 Å². The molecule has 20 nitrogen and oxygen atoms in total. The van der Waals surface area contributed by atoms with Gasteiger partial charge in [-0.25, -0.2) is 49.8 Å². The Kier molecular flexibility index (Phi) is 18.7. The van der Waals surface area contributed by atoms with Crippen LogP contribution < -0.4 is 0 Å². The SMILES string of the molecule is CCN(CC)C(=O)c1cccc(-c2nc3cc(Cc4ccc5c(c4)nc(-c4cccc(-c6nc7cc(Cc8ccc9c(c8)nc(-c8cccc(-c%10nc%11cc(Cc%12ccc%13c(c%12)nc(-c%12cccc(C(=O)N(CC)CC)n%12)n%13CC)ccc%11n%10CC)n8)n9CC)ccc7n6CC)n4)n5CC)ccc3n2CC)n1. The molecule has 16 rings (SSSR count). The molecule has 0 saturated heterocycles. The number of pyridine rings is 4.